The molecule has 1 saturated carbocycles. The van der Waals surface area contributed by atoms with Gasteiger partial charge in [-0.05, 0) is 56.2 Å². The fourth-order valence-electron chi connectivity index (χ4n) is 5.14. The molecule has 1 aliphatic carbocycles. The molecule has 0 atom stereocenters. The van der Waals surface area contributed by atoms with E-state index in [0.717, 1.165) is 48.8 Å². The van der Waals surface area contributed by atoms with Crippen LogP contribution in [-0.4, -0.2) is 35.5 Å². The summed E-state index contributed by atoms with van der Waals surface area (Å²) in [6.45, 7) is 6.83. The summed E-state index contributed by atoms with van der Waals surface area (Å²) in [6.07, 6.45) is 7.05. The standard InChI is InChI=1S/C26H35N3O/c1-20-9-8-10-21(2)24(20)28-25(30)26(27-19-22-11-4-3-5-12-22)15-17-29(18-16-26)23-13-6-7-14-23/h3-5,8-12,23,27H,6-7,13-19H2,1-2H3,(H,28,30). The van der Waals surface area contributed by atoms with Crippen molar-refractivity contribution in [2.45, 2.75) is 70.5 Å². The van der Waals surface area contributed by atoms with Crippen LogP contribution >= 0.6 is 0 Å². The highest BCUT2D eigenvalue weighted by atomic mass is 16.2. The zero-order valence-corrected chi connectivity index (χ0v) is 18.4. The number of likely N-dealkylation sites (tertiary alicyclic amines) is 1. The summed E-state index contributed by atoms with van der Waals surface area (Å²) in [5.74, 6) is 0.113. The first-order chi connectivity index (χ1) is 14.6. The summed E-state index contributed by atoms with van der Waals surface area (Å²) in [5.41, 5.74) is 3.88. The highest BCUT2D eigenvalue weighted by Crippen LogP contribution is 2.31. The number of benzene rings is 2. The third kappa shape index (κ3) is 4.60. The Morgan fingerprint density at radius 3 is 2.23 bits per heavy atom. The molecule has 2 N–H and O–H groups in total. The molecule has 30 heavy (non-hydrogen) atoms. The van der Waals surface area contributed by atoms with E-state index in [1.807, 2.05) is 12.1 Å². The molecule has 0 bridgehead atoms. The molecule has 2 aromatic carbocycles. The Bertz CT molecular complexity index is 830. The van der Waals surface area contributed by atoms with Gasteiger partial charge in [-0.1, -0.05) is 61.4 Å². The van der Waals surface area contributed by atoms with E-state index in [1.54, 1.807) is 0 Å². The second kappa shape index (κ2) is 9.32. The lowest BCUT2D eigenvalue weighted by molar-refractivity contribution is -0.124. The summed E-state index contributed by atoms with van der Waals surface area (Å²) >= 11 is 0. The SMILES string of the molecule is Cc1cccc(C)c1NC(=O)C1(NCc2ccccc2)CCN(C2CCCC2)CC1. The summed E-state index contributed by atoms with van der Waals surface area (Å²) < 4.78 is 0. The Kier molecular flexibility index (Phi) is 6.55. The molecule has 1 heterocycles. The normalized spacial score (nSPS) is 19.7. The van der Waals surface area contributed by atoms with Gasteiger partial charge in [-0.15, -0.1) is 0 Å². The Labute approximate surface area is 181 Å². The lowest BCUT2D eigenvalue weighted by Crippen LogP contribution is -2.61. The minimum atomic E-state index is -0.528. The second-order valence-electron chi connectivity index (χ2n) is 9.12. The number of aryl methyl sites for hydroxylation is 2. The van der Waals surface area contributed by atoms with Crippen LogP contribution in [-0.2, 0) is 11.3 Å². The smallest absolute Gasteiger partial charge is 0.244 e. The molecule has 2 aromatic rings. The van der Waals surface area contributed by atoms with Gasteiger partial charge in [0.05, 0.1) is 0 Å². The minimum absolute atomic E-state index is 0.113. The fourth-order valence-corrected chi connectivity index (χ4v) is 5.14. The molecule has 1 saturated heterocycles. The summed E-state index contributed by atoms with van der Waals surface area (Å²) in [5, 5.41) is 6.97. The fraction of sp³-hybridized carbons (Fsp3) is 0.500. The summed E-state index contributed by atoms with van der Waals surface area (Å²) in [6, 6.07) is 17.3. The predicted octanol–water partition coefficient (Wildman–Crippen LogP) is 4.81. The van der Waals surface area contributed by atoms with Gasteiger partial charge in [-0.2, -0.15) is 0 Å². The van der Waals surface area contributed by atoms with Gasteiger partial charge in [0.25, 0.3) is 0 Å². The second-order valence-corrected chi connectivity index (χ2v) is 9.12. The number of para-hydroxylation sites is 1. The van der Waals surface area contributed by atoms with Crippen molar-refractivity contribution in [2.24, 2.45) is 0 Å². The molecule has 2 aliphatic rings. The Balaban J connectivity index is 1.51. The van der Waals surface area contributed by atoms with Crippen molar-refractivity contribution in [2.75, 3.05) is 18.4 Å². The average Bonchev–Trinajstić information content (AvgIpc) is 3.31. The Morgan fingerprint density at radius 2 is 1.60 bits per heavy atom. The monoisotopic (exact) mass is 405 g/mol. The maximum absolute atomic E-state index is 13.7. The van der Waals surface area contributed by atoms with Gasteiger partial charge in [0.1, 0.15) is 5.54 Å². The molecule has 1 aliphatic heterocycles. The van der Waals surface area contributed by atoms with Gasteiger partial charge in [0.2, 0.25) is 5.91 Å². The van der Waals surface area contributed by atoms with E-state index in [9.17, 15) is 4.79 Å². The molecule has 4 rings (SSSR count). The van der Waals surface area contributed by atoms with Crippen molar-refractivity contribution in [1.82, 2.24) is 10.2 Å². The van der Waals surface area contributed by atoms with Crippen LogP contribution in [0.3, 0.4) is 0 Å². The summed E-state index contributed by atoms with van der Waals surface area (Å²) in [4.78, 5) is 16.3. The lowest BCUT2D eigenvalue weighted by atomic mass is 9.85. The summed E-state index contributed by atoms with van der Waals surface area (Å²) in [7, 11) is 0. The van der Waals surface area contributed by atoms with Crippen LogP contribution in [0.2, 0.25) is 0 Å². The van der Waals surface area contributed by atoms with Crippen molar-refractivity contribution in [3.63, 3.8) is 0 Å². The largest absolute Gasteiger partial charge is 0.324 e. The van der Waals surface area contributed by atoms with Gasteiger partial charge in [0.15, 0.2) is 0 Å². The number of anilines is 1. The molecule has 4 heteroatoms. The van der Waals surface area contributed by atoms with E-state index in [-0.39, 0.29) is 5.91 Å². The van der Waals surface area contributed by atoms with E-state index in [1.165, 1.54) is 31.2 Å². The van der Waals surface area contributed by atoms with Crippen LogP contribution in [0.15, 0.2) is 48.5 Å². The lowest BCUT2D eigenvalue weighted by Gasteiger charge is -2.43. The number of nitrogens with zero attached hydrogens (tertiary/aromatic N) is 1. The van der Waals surface area contributed by atoms with Crippen LogP contribution < -0.4 is 10.6 Å². The van der Waals surface area contributed by atoms with Crippen molar-refractivity contribution in [1.29, 1.82) is 0 Å². The molecular formula is C26H35N3O. The highest BCUT2D eigenvalue weighted by molar-refractivity contribution is 5.99. The number of carbonyl (C=O) groups excluding carboxylic acids is 1. The number of amides is 1. The van der Waals surface area contributed by atoms with Crippen LogP contribution in [0.25, 0.3) is 0 Å². The van der Waals surface area contributed by atoms with E-state index >= 15 is 0 Å². The topological polar surface area (TPSA) is 44.4 Å². The van der Waals surface area contributed by atoms with Gasteiger partial charge >= 0.3 is 0 Å². The third-order valence-electron chi connectivity index (χ3n) is 7.12. The number of hydrogen-bond acceptors (Lipinski definition) is 3. The van der Waals surface area contributed by atoms with Gasteiger partial charge in [-0.25, -0.2) is 0 Å². The first kappa shape index (κ1) is 21.1. The maximum atomic E-state index is 13.7. The van der Waals surface area contributed by atoms with Crippen molar-refractivity contribution >= 4 is 11.6 Å². The van der Waals surface area contributed by atoms with E-state index in [4.69, 9.17) is 0 Å². The molecular weight excluding hydrogens is 370 g/mol. The number of nitrogens with one attached hydrogen (secondary N) is 2. The molecule has 0 unspecified atom stereocenters. The zero-order chi connectivity index (χ0) is 21.0. The molecule has 2 fully saturated rings. The molecule has 1 amide bonds. The molecule has 0 aromatic heterocycles. The zero-order valence-electron chi connectivity index (χ0n) is 18.4. The van der Waals surface area contributed by atoms with E-state index in [0.29, 0.717) is 6.54 Å². The van der Waals surface area contributed by atoms with Crippen LogP contribution in [0.4, 0.5) is 5.69 Å². The number of rotatable bonds is 6. The molecule has 4 nitrogen and oxygen atoms in total. The Hall–Kier alpha value is -2.17. The first-order valence-corrected chi connectivity index (χ1v) is 11.5. The molecule has 160 valence electrons. The number of hydrogen-bond donors (Lipinski definition) is 2. The van der Waals surface area contributed by atoms with Crippen LogP contribution in [0.1, 0.15) is 55.2 Å². The highest BCUT2D eigenvalue weighted by Gasteiger charge is 2.42. The maximum Gasteiger partial charge on any atom is 0.244 e. The predicted molar refractivity (Wildman–Crippen MR) is 124 cm³/mol. The number of piperidine rings is 1. The minimum Gasteiger partial charge on any atom is -0.324 e. The van der Waals surface area contributed by atoms with Crippen molar-refractivity contribution in [3.05, 3.63) is 65.2 Å². The molecule has 0 radical (unpaired) electrons. The van der Waals surface area contributed by atoms with Crippen molar-refractivity contribution in [3.8, 4) is 0 Å². The Morgan fingerprint density at radius 1 is 0.967 bits per heavy atom. The van der Waals surface area contributed by atoms with E-state index in [2.05, 4.69) is 65.8 Å². The van der Waals surface area contributed by atoms with Crippen LogP contribution in [0.5, 0.6) is 0 Å². The van der Waals surface area contributed by atoms with Gasteiger partial charge in [0, 0.05) is 31.4 Å². The first-order valence-electron chi connectivity index (χ1n) is 11.5. The molecule has 0 spiro atoms. The number of carbonyl (C=O) groups is 1. The van der Waals surface area contributed by atoms with Gasteiger partial charge in [-0.3, -0.25) is 10.1 Å². The van der Waals surface area contributed by atoms with Gasteiger partial charge < -0.3 is 10.2 Å². The van der Waals surface area contributed by atoms with E-state index < -0.39 is 5.54 Å². The van der Waals surface area contributed by atoms with Crippen molar-refractivity contribution < 1.29 is 4.79 Å². The quantitative estimate of drug-likeness (QED) is 0.725. The third-order valence-corrected chi connectivity index (χ3v) is 7.12. The average molecular weight is 406 g/mol. The van der Waals surface area contributed by atoms with Crippen LogP contribution in [0, 0.1) is 13.8 Å².